The van der Waals surface area contributed by atoms with E-state index in [1.54, 1.807) is 4.90 Å². The van der Waals surface area contributed by atoms with Crippen LogP contribution in [0, 0.1) is 11.8 Å². The molecule has 1 fully saturated rings. The summed E-state index contributed by atoms with van der Waals surface area (Å²) in [7, 11) is 0. The number of nitrogens with one attached hydrogen (secondary N) is 2. The molecular formula is C17H28N4O2S. The smallest absolute Gasteiger partial charge is 0.317 e. The second-order valence-electron chi connectivity index (χ2n) is 7.09. The fourth-order valence-electron chi connectivity index (χ4n) is 2.60. The van der Waals surface area contributed by atoms with E-state index in [1.165, 1.54) is 11.3 Å². The van der Waals surface area contributed by atoms with Crippen LogP contribution in [0.4, 0.5) is 9.93 Å². The molecule has 2 heterocycles. The number of thiazole rings is 1. The second kappa shape index (κ2) is 8.46. The first-order chi connectivity index (χ1) is 11.4. The van der Waals surface area contributed by atoms with Crippen molar-refractivity contribution in [3.63, 3.8) is 0 Å². The number of aromatic nitrogens is 1. The van der Waals surface area contributed by atoms with E-state index >= 15 is 0 Å². The lowest BCUT2D eigenvalue weighted by Gasteiger charge is -2.32. The number of hydrogen-bond acceptors (Lipinski definition) is 4. The number of rotatable bonds is 5. The van der Waals surface area contributed by atoms with Gasteiger partial charge in [0, 0.05) is 25.0 Å². The maximum Gasteiger partial charge on any atom is 0.317 e. The second-order valence-corrected chi connectivity index (χ2v) is 7.94. The van der Waals surface area contributed by atoms with Crippen molar-refractivity contribution in [3.05, 3.63) is 11.1 Å². The molecule has 1 unspecified atom stereocenters. The van der Waals surface area contributed by atoms with Crippen LogP contribution in [0.25, 0.3) is 0 Å². The molecule has 0 spiro atoms. The predicted octanol–water partition coefficient (Wildman–Crippen LogP) is 3.28. The van der Waals surface area contributed by atoms with E-state index in [1.807, 2.05) is 5.38 Å². The molecule has 6 nitrogen and oxygen atoms in total. The third-order valence-electron chi connectivity index (χ3n) is 4.08. The van der Waals surface area contributed by atoms with Crippen LogP contribution in [-0.4, -0.2) is 41.5 Å². The Morgan fingerprint density at radius 1 is 1.38 bits per heavy atom. The standard InChI is InChI=1S/C17H28N4O2S/c1-11(2)8-18-17(23)21-7-5-6-13(9-21)15(22)20-16-19-14(10-24-16)12(3)4/h10-13H,5-9H2,1-4H3,(H,18,23)(H,19,20,22). The summed E-state index contributed by atoms with van der Waals surface area (Å²) in [5.74, 6) is 0.551. The molecule has 0 radical (unpaired) electrons. The van der Waals surface area contributed by atoms with Crippen LogP contribution >= 0.6 is 11.3 Å². The molecule has 1 atom stereocenters. The van der Waals surface area contributed by atoms with Gasteiger partial charge in [-0.25, -0.2) is 9.78 Å². The summed E-state index contributed by atoms with van der Waals surface area (Å²) in [4.78, 5) is 30.8. The Bertz CT molecular complexity index is 571. The molecule has 134 valence electrons. The molecule has 7 heteroatoms. The molecule has 1 aromatic heterocycles. The Labute approximate surface area is 148 Å². The minimum absolute atomic E-state index is 0.0407. The maximum atomic E-state index is 12.5. The van der Waals surface area contributed by atoms with E-state index in [4.69, 9.17) is 0 Å². The van der Waals surface area contributed by atoms with Crippen molar-refractivity contribution in [1.82, 2.24) is 15.2 Å². The van der Waals surface area contributed by atoms with Crippen LogP contribution in [0.1, 0.15) is 52.1 Å². The molecule has 0 aliphatic carbocycles. The van der Waals surface area contributed by atoms with Gasteiger partial charge in [-0.2, -0.15) is 0 Å². The zero-order valence-corrected chi connectivity index (χ0v) is 15.8. The highest BCUT2D eigenvalue weighted by atomic mass is 32.1. The molecule has 3 amide bonds. The lowest BCUT2D eigenvalue weighted by molar-refractivity contribution is -0.121. The summed E-state index contributed by atoms with van der Waals surface area (Å²) in [5, 5.41) is 8.45. The minimum Gasteiger partial charge on any atom is -0.338 e. The molecule has 24 heavy (non-hydrogen) atoms. The number of piperidine rings is 1. The Hall–Kier alpha value is -1.63. The van der Waals surface area contributed by atoms with Crippen molar-refractivity contribution in [2.75, 3.05) is 25.0 Å². The third-order valence-corrected chi connectivity index (χ3v) is 4.86. The van der Waals surface area contributed by atoms with Gasteiger partial charge >= 0.3 is 6.03 Å². The summed E-state index contributed by atoms with van der Waals surface area (Å²) in [6.45, 7) is 10.1. The van der Waals surface area contributed by atoms with Gasteiger partial charge in [0.2, 0.25) is 5.91 Å². The first-order valence-electron chi connectivity index (χ1n) is 8.66. The van der Waals surface area contributed by atoms with E-state index in [2.05, 4.69) is 43.3 Å². The highest BCUT2D eigenvalue weighted by Gasteiger charge is 2.28. The van der Waals surface area contributed by atoms with Crippen LogP contribution in [0.3, 0.4) is 0 Å². The van der Waals surface area contributed by atoms with Gasteiger partial charge in [0.1, 0.15) is 0 Å². The first-order valence-corrected chi connectivity index (χ1v) is 9.53. The molecule has 1 saturated heterocycles. The normalized spacial score (nSPS) is 18.1. The fraction of sp³-hybridized carbons (Fsp3) is 0.706. The lowest BCUT2D eigenvalue weighted by atomic mass is 9.97. The van der Waals surface area contributed by atoms with Crippen LogP contribution in [-0.2, 0) is 4.79 Å². The van der Waals surface area contributed by atoms with Gasteiger partial charge in [-0.05, 0) is 24.7 Å². The number of carbonyl (C=O) groups excluding carboxylic acids is 2. The largest absolute Gasteiger partial charge is 0.338 e. The quantitative estimate of drug-likeness (QED) is 0.854. The number of urea groups is 1. The van der Waals surface area contributed by atoms with Gasteiger partial charge in [0.15, 0.2) is 5.13 Å². The third kappa shape index (κ3) is 5.19. The van der Waals surface area contributed by atoms with Crippen LogP contribution in [0.5, 0.6) is 0 Å². The first kappa shape index (κ1) is 18.7. The molecule has 1 aliphatic rings. The number of carbonyl (C=O) groups is 2. The Kier molecular flexibility index (Phi) is 6.60. The van der Waals surface area contributed by atoms with Gasteiger partial charge < -0.3 is 15.5 Å². The molecule has 0 bridgehead atoms. The molecule has 2 rings (SSSR count). The minimum atomic E-state index is -0.171. The van der Waals surface area contributed by atoms with Gasteiger partial charge in [-0.15, -0.1) is 11.3 Å². The summed E-state index contributed by atoms with van der Waals surface area (Å²) in [6, 6.07) is -0.0717. The molecule has 1 aliphatic heterocycles. The summed E-state index contributed by atoms with van der Waals surface area (Å²) in [5.41, 5.74) is 0.994. The Morgan fingerprint density at radius 3 is 2.75 bits per heavy atom. The van der Waals surface area contributed by atoms with Gasteiger partial charge in [-0.3, -0.25) is 4.79 Å². The average molecular weight is 353 g/mol. The van der Waals surface area contributed by atoms with Gasteiger partial charge in [0.05, 0.1) is 11.6 Å². The van der Waals surface area contributed by atoms with Gasteiger partial charge in [0.25, 0.3) is 0 Å². The van der Waals surface area contributed by atoms with Crippen LogP contribution in [0.2, 0.25) is 0 Å². The van der Waals surface area contributed by atoms with Crippen molar-refractivity contribution in [2.45, 2.75) is 46.5 Å². The van der Waals surface area contributed by atoms with E-state index < -0.39 is 0 Å². The molecule has 0 saturated carbocycles. The van der Waals surface area contributed by atoms with Crippen LogP contribution in [0.15, 0.2) is 5.38 Å². The Balaban J connectivity index is 1.88. The highest BCUT2D eigenvalue weighted by molar-refractivity contribution is 7.13. The maximum absolute atomic E-state index is 12.5. The molecule has 0 aromatic carbocycles. The van der Waals surface area contributed by atoms with Crippen molar-refractivity contribution in [2.24, 2.45) is 11.8 Å². The Morgan fingerprint density at radius 2 is 2.12 bits per heavy atom. The number of amides is 3. The van der Waals surface area contributed by atoms with Crippen molar-refractivity contribution in [3.8, 4) is 0 Å². The number of likely N-dealkylation sites (tertiary alicyclic amines) is 1. The fourth-order valence-corrected chi connectivity index (χ4v) is 3.47. The monoisotopic (exact) mass is 352 g/mol. The molecular weight excluding hydrogens is 324 g/mol. The zero-order chi connectivity index (χ0) is 17.7. The van der Waals surface area contributed by atoms with Crippen LogP contribution < -0.4 is 10.6 Å². The van der Waals surface area contributed by atoms with Crippen molar-refractivity contribution >= 4 is 28.4 Å². The summed E-state index contributed by atoms with van der Waals surface area (Å²) >= 11 is 1.45. The van der Waals surface area contributed by atoms with Crippen molar-refractivity contribution < 1.29 is 9.59 Å². The van der Waals surface area contributed by atoms with Gasteiger partial charge in [-0.1, -0.05) is 27.7 Å². The topological polar surface area (TPSA) is 74.3 Å². The number of nitrogens with zero attached hydrogens (tertiary/aromatic N) is 2. The summed E-state index contributed by atoms with van der Waals surface area (Å²) in [6.07, 6.45) is 1.66. The van der Waals surface area contributed by atoms with E-state index in [-0.39, 0.29) is 17.9 Å². The van der Waals surface area contributed by atoms with E-state index in [9.17, 15) is 9.59 Å². The molecule has 2 N–H and O–H groups in total. The predicted molar refractivity (Wildman–Crippen MR) is 97.4 cm³/mol. The zero-order valence-electron chi connectivity index (χ0n) is 15.0. The van der Waals surface area contributed by atoms with Crippen molar-refractivity contribution in [1.29, 1.82) is 0 Å². The lowest BCUT2D eigenvalue weighted by Crippen LogP contribution is -2.48. The average Bonchev–Trinajstić information content (AvgIpc) is 3.01. The SMILES string of the molecule is CC(C)CNC(=O)N1CCCC(C(=O)Nc2nc(C(C)C)cs2)C1. The number of hydrogen-bond donors (Lipinski definition) is 2. The highest BCUT2D eigenvalue weighted by Crippen LogP contribution is 2.23. The van der Waals surface area contributed by atoms with E-state index in [0.29, 0.717) is 36.6 Å². The summed E-state index contributed by atoms with van der Waals surface area (Å²) < 4.78 is 0. The molecule has 1 aromatic rings. The number of anilines is 1. The van der Waals surface area contributed by atoms with E-state index in [0.717, 1.165) is 18.5 Å².